The third-order valence-corrected chi connectivity index (χ3v) is 4.10. The lowest BCUT2D eigenvalue weighted by atomic mass is 9.85. The lowest BCUT2D eigenvalue weighted by molar-refractivity contribution is 0.0987. The Kier molecular flexibility index (Phi) is 4.48. The fourth-order valence-electron chi connectivity index (χ4n) is 2.98. The van der Waals surface area contributed by atoms with E-state index in [0.29, 0.717) is 6.04 Å². The molecule has 0 amide bonds. The van der Waals surface area contributed by atoms with E-state index in [1.165, 1.54) is 5.69 Å². The van der Waals surface area contributed by atoms with Crippen LogP contribution in [0.1, 0.15) is 20.8 Å². The van der Waals surface area contributed by atoms with Gasteiger partial charge in [0.25, 0.3) is 0 Å². The molecule has 1 unspecified atom stereocenters. The maximum atomic E-state index is 5.98. The number of piperazine rings is 1. The summed E-state index contributed by atoms with van der Waals surface area (Å²) in [6, 6.07) is 11.2. The fourth-order valence-corrected chi connectivity index (χ4v) is 2.98. The van der Waals surface area contributed by atoms with E-state index < -0.39 is 0 Å². The zero-order chi connectivity index (χ0) is 13.9. The normalized spacial score (nSPS) is 19.5. The van der Waals surface area contributed by atoms with Gasteiger partial charge in [0, 0.05) is 44.5 Å². The molecule has 1 saturated heterocycles. The first-order chi connectivity index (χ1) is 9.02. The van der Waals surface area contributed by atoms with E-state index in [9.17, 15) is 0 Å². The Labute approximate surface area is 117 Å². The molecule has 0 saturated carbocycles. The van der Waals surface area contributed by atoms with E-state index in [-0.39, 0.29) is 5.41 Å². The number of anilines is 1. The van der Waals surface area contributed by atoms with E-state index >= 15 is 0 Å². The monoisotopic (exact) mass is 261 g/mol. The fraction of sp³-hybridized carbons (Fsp3) is 0.625. The van der Waals surface area contributed by atoms with Gasteiger partial charge in [0.15, 0.2) is 0 Å². The minimum Gasteiger partial charge on any atom is -0.369 e. The van der Waals surface area contributed by atoms with Crippen molar-refractivity contribution < 1.29 is 0 Å². The topological polar surface area (TPSA) is 32.5 Å². The first-order valence-electron chi connectivity index (χ1n) is 7.26. The standard InChI is InChI=1S/C16H27N3/c1-16(2,3)15(13-17)19-11-9-18(10-12-19)14-7-5-4-6-8-14/h4-8,15H,9-13,17H2,1-3H3. The number of hydrogen-bond acceptors (Lipinski definition) is 3. The first kappa shape index (κ1) is 14.4. The molecular weight excluding hydrogens is 234 g/mol. The molecule has 0 spiro atoms. The summed E-state index contributed by atoms with van der Waals surface area (Å²) in [6.07, 6.45) is 0. The van der Waals surface area contributed by atoms with Crippen molar-refractivity contribution in [2.75, 3.05) is 37.6 Å². The summed E-state index contributed by atoms with van der Waals surface area (Å²) in [7, 11) is 0. The third kappa shape index (κ3) is 3.48. The van der Waals surface area contributed by atoms with Gasteiger partial charge >= 0.3 is 0 Å². The van der Waals surface area contributed by atoms with Crippen LogP contribution in [-0.2, 0) is 0 Å². The second kappa shape index (κ2) is 5.93. The van der Waals surface area contributed by atoms with E-state index in [1.807, 2.05) is 0 Å². The number of nitrogens with zero attached hydrogens (tertiary/aromatic N) is 2. The second-order valence-corrected chi connectivity index (χ2v) is 6.48. The molecule has 1 aliphatic rings. The maximum absolute atomic E-state index is 5.98. The SMILES string of the molecule is CC(C)(C)C(CN)N1CCN(c2ccccc2)CC1. The van der Waals surface area contributed by atoms with Crippen molar-refractivity contribution in [3.05, 3.63) is 30.3 Å². The van der Waals surface area contributed by atoms with E-state index in [4.69, 9.17) is 5.73 Å². The number of hydrogen-bond donors (Lipinski definition) is 1. The predicted molar refractivity (Wildman–Crippen MR) is 82.5 cm³/mol. The number of para-hydroxylation sites is 1. The molecule has 19 heavy (non-hydrogen) atoms. The Bertz CT molecular complexity index is 375. The molecular formula is C16H27N3. The summed E-state index contributed by atoms with van der Waals surface area (Å²) < 4.78 is 0. The summed E-state index contributed by atoms with van der Waals surface area (Å²) in [5.74, 6) is 0. The number of benzene rings is 1. The highest BCUT2D eigenvalue weighted by atomic mass is 15.3. The van der Waals surface area contributed by atoms with Gasteiger partial charge in [-0.15, -0.1) is 0 Å². The van der Waals surface area contributed by atoms with Crippen LogP contribution < -0.4 is 10.6 Å². The van der Waals surface area contributed by atoms with E-state index in [0.717, 1.165) is 32.7 Å². The van der Waals surface area contributed by atoms with Crippen molar-refractivity contribution in [1.82, 2.24) is 4.90 Å². The molecule has 0 aliphatic carbocycles. The van der Waals surface area contributed by atoms with Gasteiger partial charge in [-0.1, -0.05) is 39.0 Å². The number of rotatable bonds is 3. The summed E-state index contributed by atoms with van der Waals surface area (Å²) in [5.41, 5.74) is 7.57. The molecule has 1 heterocycles. The van der Waals surface area contributed by atoms with Gasteiger partial charge in [-0.25, -0.2) is 0 Å². The molecule has 0 radical (unpaired) electrons. The van der Waals surface area contributed by atoms with Crippen molar-refractivity contribution in [2.45, 2.75) is 26.8 Å². The van der Waals surface area contributed by atoms with Gasteiger partial charge in [0.2, 0.25) is 0 Å². The molecule has 2 N–H and O–H groups in total. The Morgan fingerprint density at radius 2 is 1.63 bits per heavy atom. The van der Waals surface area contributed by atoms with Gasteiger partial charge in [0.05, 0.1) is 0 Å². The molecule has 1 aliphatic heterocycles. The first-order valence-corrected chi connectivity index (χ1v) is 7.26. The molecule has 106 valence electrons. The largest absolute Gasteiger partial charge is 0.369 e. The lowest BCUT2D eigenvalue weighted by Crippen LogP contribution is -2.56. The molecule has 3 nitrogen and oxygen atoms in total. The minimum atomic E-state index is 0.254. The molecule has 1 aromatic carbocycles. The molecule has 0 bridgehead atoms. The Balaban J connectivity index is 1.96. The smallest absolute Gasteiger partial charge is 0.0367 e. The van der Waals surface area contributed by atoms with E-state index in [1.54, 1.807) is 0 Å². The van der Waals surface area contributed by atoms with Crippen molar-refractivity contribution in [3.8, 4) is 0 Å². The average molecular weight is 261 g/mol. The van der Waals surface area contributed by atoms with Crippen LogP contribution >= 0.6 is 0 Å². The Hall–Kier alpha value is -1.06. The average Bonchev–Trinajstić information content (AvgIpc) is 2.40. The van der Waals surface area contributed by atoms with Gasteiger partial charge in [-0.05, 0) is 17.5 Å². The van der Waals surface area contributed by atoms with E-state index in [2.05, 4.69) is 60.9 Å². The quantitative estimate of drug-likeness (QED) is 0.905. The van der Waals surface area contributed by atoms with Crippen LogP contribution in [0.5, 0.6) is 0 Å². The van der Waals surface area contributed by atoms with Crippen LogP contribution in [0, 0.1) is 5.41 Å². The van der Waals surface area contributed by atoms with Crippen LogP contribution in [0.25, 0.3) is 0 Å². The summed E-state index contributed by atoms with van der Waals surface area (Å²) in [5, 5.41) is 0. The Morgan fingerprint density at radius 1 is 1.05 bits per heavy atom. The van der Waals surface area contributed by atoms with Crippen molar-refractivity contribution >= 4 is 5.69 Å². The van der Waals surface area contributed by atoms with Gasteiger partial charge in [-0.2, -0.15) is 0 Å². The second-order valence-electron chi connectivity index (χ2n) is 6.48. The van der Waals surface area contributed by atoms with Crippen LogP contribution in [0.3, 0.4) is 0 Å². The lowest BCUT2D eigenvalue weighted by Gasteiger charge is -2.44. The van der Waals surface area contributed by atoms with Crippen LogP contribution in [-0.4, -0.2) is 43.7 Å². The van der Waals surface area contributed by atoms with Gasteiger partial charge in [-0.3, -0.25) is 4.90 Å². The maximum Gasteiger partial charge on any atom is 0.0367 e. The molecule has 2 rings (SSSR count). The zero-order valence-electron chi connectivity index (χ0n) is 12.5. The number of nitrogens with two attached hydrogens (primary N) is 1. The molecule has 1 aromatic rings. The summed E-state index contributed by atoms with van der Waals surface area (Å²) >= 11 is 0. The molecule has 1 fully saturated rings. The molecule has 1 atom stereocenters. The van der Waals surface area contributed by atoms with Gasteiger partial charge in [0.1, 0.15) is 0 Å². The third-order valence-electron chi connectivity index (χ3n) is 4.10. The van der Waals surface area contributed by atoms with Crippen molar-refractivity contribution in [1.29, 1.82) is 0 Å². The zero-order valence-corrected chi connectivity index (χ0v) is 12.5. The van der Waals surface area contributed by atoms with Gasteiger partial charge < -0.3 is 10.6 Å². The molecule has 3 heteroatoms. The predicted octanol–water partition coefficient (Wildman–Crippen LogP) is 2.18. The van der Waals surface area contributed by atoms with Crippen molar-refractivity contribution in [2.24, 2.45) is 11.1 Å². The van der Waals surface area contributed by atoms with Crippen LogP contribution in [0.15, 0.2) is 30.3 Å². The van der Waals surface area contributed by atoms with Crippen LogP contribution in [0.2, 0.25) is 0 Å². The highest BCUT2D eigenvalue weighted by Gasteiger charge is 2.31. The highest BCUT2D eigenvalue weighted by molar-refractivity contribution is 5.46. The summed E-state index contributed by atoms with van der Waals surface area (Å²) in [6.45, 7) is 12.0. The minimum absolute atomic E-state index is 0.254. The highest BCUT2D eigenvalue weighted by Crippen LogP contribution is 2.25. The van der Waals surface area contributed by atoms with Crippen molar-refractivity contribution in [3.63, 3.8) is 0 Å². The summed E-state index contributed by atoms with van der Waals surface area (Å²) in [4.78, 5) is 5.02. The Morgan fingerprint density at radius 3 is 2.11 bits per heavy atom. The molecule has 0 aromatic heterocycles. The van der Waals surface area contributed by atoms with Crippen LogP contribution in [0.4, 0.5) is 5.69 Å².